The lowest BCUT2D eigenvalue weighted by molar-refractivity contribution is -0.114. The van der Waals surface area contributed by atoms with Gasteiger partial charge >= 0.3 is 0 Å². The number of carbonyl (C=O) groups is 2. The largest absolute Gasteiger partial charge is 0.396 e. The minimum Gasteiger partial charge on any atom is -0.396 e. The molecule has 0 radical (unpaired) electrons. The summed E-state index contributed by atoms with van der Waals surface area (Å²) in [6.07, 6.45) is 1.25. The molecule has 110 valence electrons. The van der Waals surface area contributed by atoms with E-state index in [1.54, 1.807) is 24.3 Å². The summed E-state index contributed by atoms with van der Waals surface area (Å²) in [4.78, 5) is 23.1. The summed E-state index contributed by atoms with van der Waals surface area (Å²) < 4.78 is 0. The molecule has 20 heavy (non-hydrogen) atoms. The quantitative estimate of drug-likeness (QED) is 0.744. The summed E-state index contributed by atoms with van der Waals surface area (Å²) >= 11 is 0. The molecular formula is C15H22N2O3. The third-order valence-corrected chi connectivity index (χ3v) is 3.33. The van der Waals surface area contributed by atoms with Crippen LogP contribution in [-0.2, 0) is 4.79 Å². The Bertz CT molecular complexity index is 471. The highest BCUT2D eigenvalue weighted by atomic mass is 16.3. The fraction of sp³-hybridized carbons (Fsp3) is 0.467. The van der Waals surface area contributed by atoms with Crippen LogP contribution in [0.1, 0.15) is 44.0 Å². The lowest BCUT2D eigenvalue weighted by atomic mass is 9.94. The molecule has 0 aromatic heterocycles. The molecule has 3 N–H and O–H groups in total. The van der Waals surface area contributed by atoms with Crippen LogP contribution in [0.2, 0.25) is 0 Å². The van der Waals surface area contributed by atoms with E-state index in [0.29, 0.717) is 17.7 Å². The highest BCUT2D eigenvalue weighted by Crippen LogP contribution is 2.16. The van der Waals surface area contributed by atoms with Gasteiger partial charge in [0, 0.05) is 30.3 Å². The van der Waals surface area contributed by atoms with Crippen molar-refractivity contribution < 1.29 is 14.7 Å². The van der Waals surface area contributed by atoms with Gasteiger partial charge in [-0.15, -0.1) is 0 Å². The van der Waals surface area contributed by atoms with Gasteiger partial charge in [-0.05, 0) is 44.0 Å². The smallest absolute Gasteiger partial charge is 0.251 e. The number of hydrogen-bond acceptors (Lipinski definition) is 3. The van der Waals surface area contributed by atoms with Gasteiger partial charge < -0.3 is 15.7 Å². The molecule has 1 atom stereocenters. The third-order valence-electron chi connectivity index (χ3n) is 3.33. The zero-order chi connectivity index (χ0) is 15.2. The number of hydrogen-bond donors (Lipinski definition) is 3. The first-order chi connectivity index (χ1) is 9.40. The van der Waals surface area contributed by atoms with Crippen molar-refractivity contribution in [2.75, 3.05) is 11.9 Å². The summed E-state index contributed by atoms with van der Waals surface area (Å²) in [5, 5.41) is 14.6. The lowest BCUT2D eigenvalue weighted by Gasteiger charge is -2.29. The van der Waals surface area contributed by atoms with Gasteiger partial charge in [-0.2, -0.15) is 0 Å². The van der Waals surface area contributed by atoms with Crippen molar-refractivity contribution in [3.63, 3.8) is 0 Å². The van der Waals surface area contributed by atoms with E-state index in [9.17, 15) is 9.59 Å². The number of aliphatic hydroxyl groups is 1. The predicted molar refractivity (Wildman–Crippen MR) is 78.6 cm³/mol. The second-order valence-corrected chi connectivity index (χ2v) is 5.10. The van der Waals surface area contributed by atoms with E-state index in [-0.39, 0.29) is 18.4 Å². The molecule has 1 aromatic rings. The van der Waals surface area contributed by atoms with E-state index in [1.165, 1.54) is 6.92 Å². The van der Waals surface area contributed by atoms with Gasteiger partial charge in [0.25, 0.3) is 5.91 Å². The maximum Gasteiger partial charge on any atom is 0.251 e. The van der Waals surface area contributed by atoms with Crippen LogP contribution < -0.4 is 10.6 Å². The van der Waals surface area contributed by atoms with E-state index in [0.717, 1.165) is 6.42 Å². The van der Waals surface area contributed by atoms with Crippen LogP contribution in [0, 0.1) is 0 Å². The molecule has 0 saturated heterocycles. The van der Waals surface area contributed by atoms with Crippen LogP contribution in [-0.4, -0.2) is 29.1 Å². The van der Waals surface area contributed by atoms with Gasteiger partial charge in [0.1, 0.15) is 0 Å². The van der Waals surface area contributed by atoms with Crippen LogP contribution >= 0.6 is 0 Å². The first kappa shape index (κ1) is 16.2. The van der Waals surface area contributed by atoms with Gasteiger partial charge in [0.15, 0.2) is 0 Å². The topological polar surface area (TPSA) is 78.4 Å². The highest BCUT2D eigenvalue weighted by Gasteiger charge is 2.24. The summed E-state index contributed by atoms with van der Waals surface area (Å²) in [6.45, 7) is 5.34. The fourth-order valence-corrected chi connectivity index (χ4v) is 1.83. The van der Waals surface area contributed by atoms with E-state index >= 15 is 0 Å². The molecular weight excluding hydrogens is 256 g/mol. The zero-order valence-corrected chi connectivity index (χ0v) is 12.2. The Morgan fingerprint density at radius 2 is 1.85 bits per heavy atom. The number of carbonyl (C=O) groups excluding carboxylic acids is 2. The molecule has 2 amide bonds. The Hall–Kier alpha value is -1.88. The van der Waals surface area contributed by atoms with Crippen LogP contribution in [0.3, 0.4) is 0 Å². The number of amides is 2. The van der Waals surface area contributed by atoms with Crippen LogP contribution in [0.15, 0.2) is 24.3 Å². The van der Waals surface area contributed by atoms with E-state index < -0.39 is 5.54 Å². The van der Waals surface area contributed by atoms with Crippen LogP contribution in [0.25, 0.3) is 0 Å². The molecule has 5 heteroatoms. The van der Waals surface area contributed by atoms with Crippen molar-refractivity contribution in [1.82, 2.24) is 5.32 Å². The SMILES string of the molecule is CCC(C)(CCO)NC(=O)c1ccc(NC(C)=O)cc1. The van der Waals surface area contributed by atoms with Crippen molar-refractivity contribution in [1.29, 1.82) is 0 Å². The summed E-state index contributed by atoms with van der Waals surface area (Å²) in [5.74, 6) is -0.333. The minimum absolute atomic E-state index is 0.0338. The maximum atomic E-state index is 12.1. The number of anilines is 1. The molecule has 0 bridgehead atoms. The first-order valence-electron chi connectivity index (χ1n) is 6.71. The molecule has 1 aromatic carbocycles. The van der Waals surface area contributed by atoms with Crippen LogP contribution in [0.5, 0.6) is 0 Å². The van der Waals surface area contributed by atoms with Crippen molar-refractivity contribution in [3.05, 3.63) is 29.8 Å². The van der Waals surface area contributed by atoms with Crippen molar-refractivity contribution in [2.24, 2.45) is 0 Å². The summed E-state index contributed by atoms with van der Waals surface area (Å²) in [7, 11) is 0. The second-order valence-electron chi connectivity index (χ2n) is 5.10. The summed E-state index contributed by atoms with van der Waals surface area (Å²) in [6, 6.07) is 6.70. The Morgan fingerprint density at radius 1 is 1.25 bits per heavy atom. The lowest BCUT2D eigenvalue weighted by Crippen LogP contribution is -2.46. The molecule has 1 rings (SSSR count). The second kappa shape index (κ2) is 7.05. The first-order valence-corrected chi connectivity index (χ1v) is 6.71. The molecule has 0 heterocycles. The fourth-order valence-electron chi connectivity index (χ4n) is 1.83. The van der Waals surface area contributed by atoms with Gasteiger partial charge in [-0.1, -0.05) is 6.92 Å². The molecule has 0 aliphatic rings. The Kier molecular flexibility index (Phi) is 5.70. The van der Waals surface area contributed by atoms with Crippen molar-refractivity contribution in [3.8, 4) is 0 Å². The van der Waals surface area contributed by atoms with E-state index in [1.807, 2.05) is 13.8 Å². The average Bonchev–Trinajstić information content (AvgIpc) is 2.39. The normalized spacial score (nSPS) is 13.4. The molecule has 0 saturated carbocycles. The van der Waals surface area contributed by atoms with Gasteiger partial charge in [0.2, 0.25) is 5.91 Å². The molecule has 0 aliphatic heterocycles. The Balaban J connectivity index is 2.74. The minimum atomic E-state index is -0.415. The van der Waals surface area contributed by atoms with E-state index in [2.05, 4.69) is 10.6 Å². The molecule has 0 aliphatic carbocycles. The molecule has 5 nitrogen and oxygen atoms in total. The van der Waals surface area contributed by atoms with Crippen LogP contribution in [0.4, 0.5) is 5.69 Å². The molecule has 0 fully saturated rings. The third kappa shape index (κ3) is 4.66. The standard InChI is InChI=1S/C15H22N2O3/c1-4-15(3,9-10-18)17-14(20)12-5-7-13(8-6-12)16-11(2)19/h5-8,18H,4,9-10H2,1-3H3,(H,16,19)(H,17,20). The monoisotopic (exact) mass is 278 g/mol. The van der Waals surface area contributed by atoms with Crippen molar-refractivity contribution in [2.45, 2.75) is 39.2 Å². The van der Waals surface area contributed by atoms with Gasteiger partial charge in [-0.3, -0.25) is 9.59 Å². The van der Waals surface area contributed by atoms with Gasteiger partial charge in [-0.25, -0.2) is 0 Å². The number of benzene rings is 1. The zero-order valence-electron chi connectivity index (χ0n) is 12.2. The molecule has 0 spiro atoms. The maximum absolute atomic E-state index is 12.1. The number of rotatable bonds is 6. The van der Waals surface area contributed by atoms with E-state index in [4.69, 9.17) is 5.11 Å². The average molecular weight is 278 g/mol. The molecule has 1 unspecified atom stereocenters. The Morgan fingerprint density at radius 3 is 2.30 bits per heavy atom. The predicted octanol–water partition coefficient (Wildman–Crippen LogP) is 1.93. The van der Waals surface area contributed by atoms with Crippen molar-refractivity contribution >= 4 is 17.5 Å². The highest BCUT2D eigenvalue weighted by molar-refractivity contribution is 5.95. The number of nitrogens with one attached hydrogen (secondary N) is 2. The van der Waals surface area contributed by atoms with Gasteiger partial charge in [0.05, 0.1) is 0 Å². The Labute approximate surface area is 119 Å². The summed E-state index contributed by atoms with van der Waals surface area (Å²) in [5.41, 5.74) is 0.765. The number of aliphatic hydroxyl groups excluding tert-OH is 1.